The Morgan fingerprint density at radius 1 is 1.38 bits per heavy atom. The Morgan fingerprint density at radius 3 is 2.73 bits per heavy atom. The van der Waals surface area contributed by atoms with Crippen molar-refractivity contribution in [3.05, 3.63) is 29.8 Å². The Hall–Kier alpha value is -1.48. The van der Waals surface area contributed by atoms with Crippen LogP contribution in [0.3, 0.4) is 0 Å². The zero-order valence-electron chi connectivity index (χ0n) is 15.3. The van der Waals surface area contributed by atoms with E-state index in [0.29, 0.717) is 18.5 Å². The zero-order chi connectivity index (χ0) is 18.9. The van der Waals surface area contributed by atoms with Gasteiger partial charge in [-0.05, 0) is 58.0 Å². The number of amides is 1. The molecule has 1 saturated carbocycles. The Bertz CT molecular complexity index is 776. The van der Waals surface area contributed by atoms with E-state index in [1.165, 1.54) is 16.4 Å². The number of hydrogen-bond donors (Lipinski definition) is 2. The van der Waals surface area contributed by atoms with Crippen LogP contribution in [0.15, 0.2) is 29.2 Å². The van der Waals surface area contributed by atoms with Gasteiger partial charge in [0, 0.05) is 31.2 Å². The van der Waals surface area contributed by atoms with Gasteiger partial charge in [-0.3, -0.25) is 4.79 Å². The topological polar surface area (TPSA) is 90.0 Å². The first kappa shape index (κ1) is 19.3. The lowest BCUT2D eigenvalue weighted by atomic mass is 9.93. The van der Waals surface area contributed by atoms with Crippen LogP contribution in [0.5, 0.6) is 0 Å². The Morgan fingerprint density at radius 2 is 2.12 bits per heavy atom. The van der Waals surface area contributed by atoms with Crippen LogP contribution in [0.25, 0.3) is 0 Å². The molecule has 1 heterocycles. The summed E-state index contributed by atoms with van der Waals surface area (Å²) in [4.78, 5) is 14.2. The lowest BCUT2D eigenvalue weighted by Gasteiger charge is -2.27. The van der Waals surface area contributed by atoms with Gasteiger partial charge in [-0.15, -0.1) is 0 Å². The van der Waals surface area contributed by atoms with Gasteiger partial charge < -0.3 is 15.3 Å². The predicted octanol–water partition coefficient (Wildman–Crippen LogP) is 0.656. The smallest absolute Gasteiger partial charge is 0.251 e. The van der Waals surface area contributed by atoms with Gasteiger partial charge in [0.1, 0.15) is 0 Å². The fourth-order valence-corrected chi connectivity index (χ4v) is 5.08. The average molecular weight is 381 g/mol. The Labute approximate surface area is 155 Å². The van der Waals surface area contributed by atoms with Gasteiger partial charge >= 0.3 is 0 Å². The van der Waals surface area contributed by atoms with Crippen molar-refractivity contribution in [1.82, 2.24) is 14.5 Å². The van der Waals surface area contributed by atoms with E-state index in [2.05, 4.69) is 5.32 Å². The van der Waals surface area contributed by atoms with E-state index < -0.39 is 15.6 Å². The van der Waals surface area contributed by atoms with E-state index in [-0.39, 0.29) is 29.9 Å². The molecule has 1 aromatic carbocycles. The zero-order valence-corrected chi connectivity index (χ0v) is 16.1. The van der Waals surface area contributed by atoms with Crippen LogP contribution in [-0.4, -0.2) is 74.0 Å². The first-order chi connectivity index (χ1) is 12.2. The van der Waals surface area contributed by atoms with Gasteiger partial charge in [0.05, 0.1) is 10.5 Å². The number of carbonyl (C=O) groups is 1. The van der Waals surface area contributed by atoms with E-state index in [4.69, 9.17) is 0 Å². The molecule has 0 radical (unpaired) electrons. The lowest BCUT2D eigenvalue weighted by Crippen LogP contribution is -2.43. The summed E-state index contributed by atoms with van der Waals surface area (Å²) >= 11 is 0. The van der Waals surface area contributed by atoms with Gasteiger partial charge in [-0.2, -0.15) is 4.31 Å². The molecule has 1 saturated heterocycles. The van der Waals surface area contributed by atoms with Gasteiger partial charge in [0.25, 0.3) is 5.91 Å². The highest BCUT2D eigenvalue weighted by atomic mass is 32.2. The average Bonchev–Trinajstić information content (AvgIpc) is 2.92. The first-order valence-corrected chi connectivity index (χ1v) is 10.4. The number of likely N-dealkylation sites (N-methyl/N-ethyl adjacent to an activating group) is 1. The van der Waals surface area contributed by atoms with Gasteiger partial charge in [-0.1, -0.05) is 6.07 Å². The minimum Gasteiger partial charge on any atom is -0.387 e. The second kappa shape index (κ2) is 7.26. The second-order valence-electron chi connectivity index (χ2n) is 7.68. The number of carbonyl (C=O) groups excluding carboxylic acids is 1. The molecule has 26 heavy (non-hydrogen) atoms. The number of rotatable bonds is 6. The molecule has 0 bridgehead atoms. The standard InChI is InChI=1S/C18H27N3O4S/c1-20(2)12-18(23)9-10-21(13-18)26(24,25)16-8-3-5-14(11-16)17(22)19-15-6-4-7-15/h3,5,8,11,15,23H,4,6-7,9-10,12-13H2,1-2H3,(H,19,22). The molecule has 0 aromatic heterocycles. The number of sulfonamides is 1. The summed E-state index contributed by atoms with van der Waals surface area (Å²) in [6, 6.07) is 6.33. The quantitative estimate of drug-likeness (QED) is 0.755. The van der Waals surface area contributed by atoms with Crippen molar-refractivity contribution < 1.29 is 18.3 Å². The van der Waals surface area contributed by atoms with Crippen LogP contribution in [0, 0.1) is 0 Å². The van der Waals surface area contributed by atoms with Crippen LogP contribution in [-0.2, 0) is 10.0 Å². The van der Waals surface area contributed by atoms with Crippen molar-refractivity contribution in [2.24, 2.45) is 0 Å². The molecule has 0 spiro atoms. The van der Waals surface area contributed by atoms with Crippen molar-refractivity contribution in [2.45, 2.75) is 42.2 Å². The maximum atomic E-state index is 12.9. The van der Waals surface area contributed by atoms with Crippen LogP contribution < -0.4 is 5.32 Å². The number of aliphatic hydroxyl groups is 1. The number of hydrogen-bond acceptors (Lipinski definition) is 5. The van der Waals surface area contributed by atoms with E-state index in [1.807, 2.05) is 19.0 Å². The molecule has 1 amide bonds. The summed E-state index contributed by atoms with van der Waals surface area (Å²) in [5.41, 5.74) is -0.698. The fraction of sp³-hybridized carbons (Fsp3) is 0.611. The predicted molar refractivity (Wildman–Crippen MR) is 98.4 cm³/mol. The maximum Gasteiger partial charge on any atom is 0.251 e. The molecule has 1 aliphatic carbocycles. The Balaban J connectivity index is 1.75. The molecule has 1 atom stereocenters. The summed E-state index contributed by atoms with van der Waals surface area (Å²) in [5.74, 6) is -0.239. The summed E-state index contributed by atoms with van der Waals surface area (Å²) in [5, 5.41) is 13.5. The summed E-state index contributed by atoms with van der Waals surface area (Å²) < 4.78 is 27.2. The van der Waals surface area contributed by atoms with Crippen molar-refractivity contribution in [3.63, 3.8) is 0 Å². The van der Waals surface area contributed by atoms with Crippen molar-refractivity contribution in [3.8, 4) is 0 Å². The molecule has 1 aromatic rings. The van der Waals surface area contributed by atoms with Gasteiger partial charge in [0.2, 0.25) is 10.0 Å². The van der Waals surface area contributed by atoms with Crippen LogP contribution in [0.1, 0.15) is 36.0 Å². The fourth-order valence-electron chi connectivity index (χ4n) is 3.51. The van der Waals surface area contributed by atoms with Crippen LogP contribution >= 0.6 is 0 Å². The second-order valence-corrected chi connectivity index (χ2v) is 9.62. The monoisotopic (exact) mass is 381 g/mol. The van der Waals surface area contributed by atoms with Gasteiger partial charge in [0.15, 0.2) is 0 Å². The number of nitrogens with zero attached hydrogens (tertiary/aromatic N) is 2. The molecule has 2 aliphatic rings. The number of benzene rings is 1. The highest BCUT2D eigenvalue weighted by Crippen LogP contribution is 2.28. The molecule has 1 unspecified atom stereocenters. The minimum atomic E-state index is -3.75. The molecule has 3 rings (SSSR count). The molecule has 7 nitrogen and oxygen atoms in total. The van der Waals surface area contributed by atoms with Gasteiger partial charge in [-0.25, -0.2) is 8.42 Å². The molecule has 2 fully saturated rings. The third kappa shape index (κ3) is 4.09. The molecule has 8 heteroatoms. The lowest BCUT2D eigenvalue weighted by molar-refractivity contribution is 0.0302. The molecule has 1 aliphatic heterocycles. The van der Waals surface area contributed by atoms with Crippen LogP contribution in [0.2, 0.25) is 0 Å². The Kier molecular flexibility index (Phi) is 5.39. The maximum absolute atomic E-state index is 12.9. The highest BCUT2D eigenvalue weighted by molar-refractivity contribution is 7.89. The molecular formula is C18H27N3O4S. The molecule has 2 N–H and O–H groups in total. The molecular weight excluding hydrogens is 354 g/mol. The third-order valence-electron chi connectivity index (χ3n) is 5.08. The molecule has 144 valence electrons. The van der Waals surface area contributed by atoms with E-state index >= 15 is 0 Å². The van der Waals surface area contributed by atoms with E-state index in [9.17, 15) is 18.3 Å². The van der Waals surface area contributed by atoms with E-state index in [0.717, 1.165) is 19.3 Å². The van der Waals surface area contributed by atoms with Crippen molar-refractivity contribution in [1.29, 1.82) is 0 Å². The summed E-state index contributed by atoms with van der Waals surface area (Å²) in [7, 11) is -0.0537. The van der Waals surface area contributed by atoms with Crippen LogP contribution in [0.4, 0.5) is 0 Å². The summed E-state index contributed by atoms with van der Waals surface area (Å²) in [6.45, 7) is 0.736. The number of β-amino-alcohol motifs (C(OH)–C–C–N with tert-alkyl or cyclic N) is 1. The largest absolute Gasteiger partial charge is 0.387 e. The first-order valence-electron chi connectivity index (χ1n) is 8.98. The third-order valence-corrected chi connectivity index (χ3v) is 6.92. The van der Waals surface area contributed by atoms with Crippen molar-refractivity contribution in [2.75, 3.05) is 33.7 Å². The SMILES string of the molecule is CN(C)CC1(O)CCN(S(=O)(=O)c2cccc(C(=O)NC3CCC3)c2)C1. The van der Waals surface area contributed by atoms with Crippen molar-refractivity contribution >= 4 is 15.9 Å². The number of nitrogens with one attached hydrogen (secondary N) is 1. The summed E-state index contributed by atoms with van der Waals surface area (Å²) in [6.07, 6.45) is 3.46. The normalized spacial score (nSPS) is 24.6. The highest BCUT2D eigenvalue weighted by Gasteiger charge is 2.42. The van der Waals surface area contributed by atoms with E-state index in [1.54, 1.807) is 12.1 Å². The minimum absolute atomic E-state index is 0.0615.